The van der Waals surface area contributed by atoms with E-state index in [0.29, 0.717) is 31.5 Å². The van der Waals surface area contributed by atoms with E-state index in [4.69, 9.17) is 9.47 Å². The van der Waals surface area contributed by atoms with E-state index in [1.807, 2.05) is 45.0 Å². The summed E-state index contributed by atoms with van der Waals surface area (Å²) in [4.78, 5) is 12.1. The van der Waals surface area contributed by atoms with Crippen LogP contribution in [0.2, 0.25) is 0 Å². The molecule has 1 heterocycles. The van der Waals surface area contributed by atoms with Crippen molar-refractivity contribution in [1.82, 2.24) is 15.5 Å². The van der Waals surface area contributed by atoms with E-state index in [-0.39, 0.29) is 11.2 Å². The zero-order valence-electron chi connectivity index (χ0n) is 15.9. The quantitative estimate of drug-likeness (QED) is 0.407. The number of rotatable bonds is 12. The molecule has 1 aromatic heterocycles. The number of anilines is 2. The number of ether oxygens (including phenoxy) is 2. The molecule has 0 bridgehead atoms. The van der Waals surface area contributed by atoms with Crippen LogP contribution >= 0.6 is 23.1 Å². The highest BCUT2D eigenvalue weighted by Crippen LogP contribution is 2.33. The molecule has 7 nitrogen and oxygen atoms in total. The summed E-state index contributed by atoms with van der Waals surface area (Å²) in [5.74, 6) is 0.757. The molecule has 0 aliphatic rings. The molecule has 2 rings (SSSR count). The van der Waals surface area contributed by atoms with Crippen molar-refractivity contribution in [3.63, 3.8) is 0 Å². The zero-order valence-corrected chi connectivity index (χ0v) is 17.5. The Kier molecular flexibility index (Phi) is 9.37. The number of carbonyl (C=O) groups excluding carboxylic acids is 1. The molecule has 0 fully saturated rings. The summed E-state index contributed by atoms with van der Waals surface area (Å²) in [6, 6.07) is 7.68. The van der Waals surface area contributed by atoms with Gasteiger partial charge in [0.25, 0.3) is 0 Å². The highest BCUT2D eigenvalue weighted by atomic mass is 32.2. The van der Waals surface area contributed by atoms with Crippen LogP contribution < -0.4 is 15.4 Å². The fourth-order valence-corrected chi connectivity index (χ4v) is 4.09. The number of hydrogen-bond donors (Lipinski definition) is 2. The van der Waals surface area contributed by atoms with Crippen LogP contribution in [-0.2, 0) is 9.53 Å². The first-order valence-electron chi connectivity index (χ1n) is 8.98. The van der Waals surface area contributed by atoms with Gasteiger partial charge in [-0.3, -0.25) is 4.79 Å². The Balaban J connectivity index is 1.84. The number of nitrogens with one attached hydrogen (secondary N) is 2. The minimum Gasteiger partial charge on any atom is -0.492 e. The standard InChI is InChI=1S/C18H26N4O3S2/c1-4-24-12-8-11-19-16(23)13(3)26-18-22-21-17(27-18)20-14-9-6-7-10-15(14)25-5-2/h6-7,9-10,13H,4-5,8,11-12H2,1-3H3,(H,19,23)(H,20,21). The van der Waals surface area contributed by atoms with Crippen LogP contribution in [0.3, 0.4) is 0 Å². The minimum absolute atomic E-state index is 0.0112. The first kappa shape index (κ1) is 21.5. The summed E-state index contributed by atoms with van der Waals surface area (Å²) in [7, 11) is 0. The van der Waals surface area contributed by atoms with E-state index < -0.39 is 0 Å². The molecule has 1 atom stereocenters. The fraction of sp³-hybridized carbons (Fsp3) is 0.500. The number of aromatic nitrogens is 2. The van der Waals surface area contributed by atoms with Crippen molar-refractivity contribution in [3.8, 4) is 5.75 Å². The predicted octanol–water partition coefficient (Wildman–Crippen LogP) is 3.70. The highest BCUT2D eigenvalue weighted by Gasteiger charge is 2.17. The third kappa shape index (κ3) is 7.36. The van der Waals surface area contributed by atoms with E-state index in [0.717, 1.165) is 22.2 Å². The van der Waals surface area contributed by atoms with Crippen molar-refractivity contribution < 1.29 is 14.3 Å². The lowest BCUT2D eigenvalue weighted by Crippen LogP contribution is -2.32. The molecule has 2 aromatic rings. The van der Waals surface area contributed by atoms with Gasteiger partial charge in [-0.15, -0.1) is 10.2 Å². The molecule has 0 aliphatic heterocycles. The Morgan fingerprint density at radius 3 is 2.85 bits per heavy atom. The molecule has 1 unspecified atom stereocenters. The van der Waals surface area contributed by atoms with Gasteiger partial charge in [-0.25, -0.2) is 0 Å². The molecule has 0 radical (unpaired) electrons. The Labute approximate surface area is 168 Å². The number of benzene rings is 1. The minimum atomic E-state index is -0.242. The summed E-state index contributed by atoms with van der Waals surface area (Å²) in [6.45, 7) is 8.32. The molecule has 27 heavy (non-hydrogen) atoms. The average Bonchev–Trinajstić information content (AvgIpc) is 3.10. The maximum Gasteiger partial charge on any atom is 0.233 e. The molecular formula is C18H26N4O3S2. The maximum absolute atomic E-state index is 12.1. The van der Waals surface area contributed by atoms with Crippen molar-refractivity contribution >= 4 is 39.8 Å². The van der Waals surface area contributed by atoms with Gasteiger partial charge in [0, 0.05) is 19.8 Å². The van der Waals surface area contributed by atoms with E-state index in [9.17, 15) is 4.79 Å². The molecule has 2 N–H and O–H groups in total. The molecule has 0 aliphatic carbocycles. The van der Waals surface area contributed by atoms with Gasteiger partial charge in [0.2, 0.25) is 11.0 Å². The number of para-hydroxylation sites is 2. The van der Waals surface area contributed by atoms with E-state index >= 15 is 0 Å². The lowest BCUT2D eigenvalue weighted by molar-refractivity contribution is -0.120. The number of hydrogen-bond acceptors (Lipinski definition) is 8. The highest BCUT2D eigenvalue weighted by molar-refractivity contribution is 8.02. The Morgan fingerprint density at radius 1 is 1.26 bits per heavy atom. The molecule has 148 valence electrons. The number of carbonyl (C=O) groups is 1. The Morgan fingerprint density at radius 2 is 2.07 bits per heavy atom. The van der Waals surface area contributed by atoms with Crippen molar-refractivity contribution in [1.29, 1.82) is 0 Å². The smallest absolute Gasteiger partial charge is 0.233 e. The first-order chi connectivity index (χ1) is 13.1. The Bertz CT molecular complexity index is 711. The summed E-state index contributed by atoms with van der Waals surface area (Å²) >= 11 is 2.81. The molecule has 1 aromatic carbocycles. The molecule has 9 heteroatoms. The van der Waals surface area contributed by atoms with Gasteiger partial charge in [0.1, 0.15) is 5.75 Å². The summed E-state index contributed by atoms with van der Waals surface area (Å²) in [5, 5.41) is 14.9. The van der Waals surface area contributed by atoms with E-state index in [1.54, 1.807) is 0 Å². The SMILES string of the molecule is CCOCCCNC(=O)C(C)Sc1nnc(Nc2ccccc2OCC)s1. The van der Waals surface area contributed by atoms with Crippen LogP contribution in [0.5, 0.6) is 5.75 Å². The topological polar surface area (TPSA) is 85.4 Å². The lowest BCUT2D eigenvalue weighted by Gasteiger charge is -2.10. The Hall–Kier alpha value is -1.84. The third-order valence-electron chi connectivity index (χ3n) is 3.45. The van der Waals surface area contributed by atoms with Crippen LogP contribution in [0.15, 0.2) is 28.6 Å². The van der Waals surface area contributed by atoms with Crippen LogP contribution in [0.4, 0.5) is 10.8 Å². The zero-order chi connectivity index (χ0) is 19.5. The summed E-state index contributed by atoms with van der Waals surface area (Å²) in [5.41, 5.74) is 0.840. The summed E-state index contributed by atoms with van der Waals surface area (Å²) in [6.07, 6.45) is 0.809. The molecular weight excluding hydrogens is 384 g/mol. The molecule has 1 amide bonds. The van der Waals surface area contributed by atoms with Gasteiger partial charge < -0.3 is 20.1 Å². The number of nitrogens with zero attached hydrogens (tertiary/aromatic N) is 2. The predicted molar refractivity (Wildman–Crippen MR) is 110 cm³/mol. The number of thioether (sulfide) groups is 1. The second-order valence-electron chi connectivity index (χ2n) is 5.53. The van der Waals surface area contributed by atoms with Crippen molar-refractivity contribution in [2.75, 3.05) is 31.7 Å². The van der Waals surface area contributed by atoms with Gasteiger partial charge in [-0.1, -0.05) is 35.2 Å². The van der Waals surface area contributed by atoms with Gasteiger partial charge in [-0.05, 0) is 39.3 Å². The molecule has 0 saturated heterocycles. The van der Waals surface area contributed by atoms with Crippen molar-refractivity contribution in [3.05, 3.63) is 24.3 Å². The van der Waals surface area contributed by atoms with E-state index in [1.165, 1.54) is 23.1 Å². The van der Waals surface area contributed by atoms with Gasteiger partial charge in [0.15, 0.2) is 4.34 Å². The maximum atomic E-state index is 12.1. The largest absolute Gasteiger partial charge is 0.492 e. The number of amides is 1. The van der Waals surface area contributed by atoms with Crippen LogP contribution in [0.25, 0.3) is 0 Å². The summed E-state index contributed by atoms with van der Waals surface area (Å²) < 4.78 is 11.6. The van der Waals surface area contributed by atoms with Gasteiger partial charge in [-0.2, -0.15) is 0 Å². The van der Waals surface area contributed by atoms with Crippen molar-refractivity contribution in [2.24, 2.45) is 0 Å². The molecule has 0 saturated carbocycles. The second kappa shape index (κ2) is 11.8. The third-order valence-corrected chi connectivity index (χ3v) is 5.47. The van der Waals surface area contributed by atoms with E-state index in [2.05, 4.69) is 20.8 Å². The monoisotopic (exact) mass is 410 g/mol. The second-order valence-corrected chi connectivity index (χ2v) is 8.09. The normalized spacial score (nSPS) is 11.8. The van der Waals surface area contributed by atoms with Gasteiger partial charge in [0.05, 0.1) is 17.5 Å². The van der Waals surface area contributed by atoms with Crippen LogP contribution in [0.1, 0.15) is 27.2 Å². The lowest BCUT2D eigenvalue weighted by atomic mass is 10.3. The molecule has 0 spiro atoms. The van der Waals surface area contributed by atoms with Gasteiger partial charge >= 0.3 is 0 Å². The average molecular weight is 411 g/mol. The van der Waals surface area contributed by atoms with Crippen LogP contribution in [-0.4, -0.2) is 47.7 Å². The fourth-order valence-electron chi connectivity index (χ4n) is 2.15. The van der Waals surface area contributed by atoms with Crippen molar-refractivity contribution in [2.45, 2.75) is 36.8 Å². The first-order valence-corrected chi connectivity index (χ1v) is 10.7. The van der Waals surface area contributed by atoms with Crippen LogP contribution in [0, 0.1) is 0 Å².